The van der Waals surface area contributed by atoms with E-state index in [1.54, 1.807) is 0 Å². The Balaban J connectivity index is 1.66. The third-order valence-electron chi connectivity index (χ3n) is 3.90. The molecule has 0 aromatic rings. The van der Waals surface area contributed by atoms with Crippen molar-refractivity contribution in [2.75, 3.05) is 0 Å². The molecule has 0 aliphatic carbocycles. The van der Waals surface area contributed by atoms with E-state index < -0.39 is 0 Å². The molecule has 0 saturated carbocycles. The third kappa shape index (κ3) is 4.87. The van der Waals surface area contributed by atoms with Gasteiger partial charge >= 0.3 is 0 Å². The topological polar surface area (TPSA) is 18.5 Å². The van der Waals surface area contributed by atoms with E-state index in [0.717, 1.165) is 19.3 Å². The average Bonchev–Trinajstić information content (AvgIpc) is 2.94. The molecule has 0 unspecified atom stereocenters. The molecule has 0 radical (unpaired) electrons. The molecule has 0 aromatic carbocycles. The van der Waals surface area contributed by atoms with Crippen molar-refractivity contribution in [1.29, 1.82) is 0 Å². The van der Waals surface area contributed by atoms with Crippen LogP contribution in [-0.4, -0.2) is 24.4 Å². The Morgan fingerprint density at radius 1 is 1.11 bits per heavy atom. The molecule has 0 amide bonds. The number of allylic oxidation sites excluding steroid dienone is 1. The second-order valence-electron chi connectivity index (χ2n) is 5.50. The van der Waals surface area contributed by atoms with E-state index in [-0.39, 0.29) is 6.10 Å². The summed E-state index contributed by atoms with van der Waals surface area (Å²) in [7, 11) is 0. The second kappa shape index (κ2) is 8.42. The molecule has 0 spiro atoms. The van der Waals surface area contributed by atoms with Crippen LogP contribution in [0.3, 0.4) is 0 Å². The number of halogens is 1. The number of hydrogen-bond donors (Lipinski definition) is 0. The van der Waals surface area contributed by atoms with Crippen LogP contribution in [0.15, 0.2) is 22.3 Å². The normalized spacial score (nSPS) is 34.6. The van der Waals surface area contributed by atoms with Crippen molar-refractivity contribution in [3.8, 4) is 0 Å². The highest BCUT2D eigenvalue weighted by Gasteiger charge is 2.42. The maximum Gasteiger partial charge on any atom is 0.0870 e. The van der Waals surface area contributed by atoms with Crippen LogP contribution in [-0.2, 0) is 9.47 Å². The van der Waals surface area contributed by atoms with E-state index in [1.807, 2.05) is 0 Å². The molecule has 2 heterocycles. The fraction of sp³-hybridized carbons (Fsp3) is 0.750. The Morgan fingerprint density at radius 2 is 1.95 bits per heavy atom. The summed E-state index contributed by atoms with van der Waals surface area (Å²) >= 11 is 2.26. The predicted molar refractivity (Wildman–Crippen MR) is 87.6 cm³/mol. The summed E-state index contributed by atoms with van der Waals surface area (Å²) in [6.07, 6.45) is 16.3. The van der Waals surface area contributed by atoms with Gasteiger partial charge in [-0.2, -0.15) is 0 Å². The van der Waals surface area contributed by atoms with E-state index in [4.69, 9.17) is 9.47 Å². The van der Waals surface area contributed by atoms with Crippen LogP contribution >= 0.6 is 22.6 Å². The SMILES string of the molecule is CCCCC/C=C/[C@H]1C[C@@H]2O[C@@H](C/C=C/I)C[C@@H]2O1. The van der Waals surface area contributed by atoms with Crippen molar-refractivity contribution in [2.45, 2.75) is 76.3 Å². The zero-order valence-corrected chi connectivity index (χ0v) is 13.9. The van der Waals surface area contributed by atoms with Crippen LogP contribution in [0, 0.1) is 0 Å². The van der Waals surface area contributed by atoms with Gasteiger partial charge in [0.15, 0.2) is 0 Å². The number of ether oxygens (including phenoxy) is 2. The number of unbranched alkanes of at least 4 members (excludes halogenated alkanes) is 3. The highest BCUT2D eigenvalue weighted by Crippen LogP contribution is 2.35. The van der Waals surface area contributed by atoms with Crippen LogP contribution in [0.1, 0.15) is 51.9 Å². The van der Waals surface area contributed by atoms with Gasteiger partial charge in [0.2, 0.25) is 0 Å². The van der Waals surface area contributed by atoms with E-state index in [9.17, 15) is 0 Å². The summed E-state index contributed by atoms with van der Waals surface area (Å²) < 4.78 is 14.2. The maximum absolute atomic E-state index is 6.06. The second-order valence-corrected chi connectivity index (χ2v) is 6.22. The van der Waals surface area contributed by atoms with Crippen molar-refractivity contribution >= 4 is 22.6 Å². The van der Waals surface area contributed by atoms with E-state index in [0.29, 0.717) is 18.3 Å². The molecular formula is C16H25IO2. The van der Waals surface area contributed by atoms with Crippen LogP contribution in [0.4, 0.5) is 0 Å². The van der Waals surface area contributed by atoms with Gasteiger partial charge in [-0.05, 0) is 23.3 Å². The summed E-state index contributed by atoms with van der Waals surface area (Å²) in [6, 6.07) is 0. The quantitative estimate of drug-likeness (QED) is 0.362. The first kappa shape index (κ1) is 15.5. The Morgan fingerprint density at radius 3 is 2.68 bits per heavy atom. The molecule has 0 N–H and O–H groups in total. The van der Waals surface area contributed by atoms with E-state index in [2.05, 4.69) is 51.8 Å². The van der Waals surface area contributed by atoms with Gasteiger partial charge in [-0.1, -0.05) is 60.6 Å². The van der Waals surface area contributed by atoms with Gasteiger partial charge < -0.3 is 9.47 Å². The summed E-state index contributed by atoms with van der Waals surface area (Å²) in [5.41, 5.74) is 0. The van der Waals surface area contributed by atoms with Crippen molar-refractivity contribution in [3.63, 3.8) is 0 Å². The van der Waals surface area contributed by atoms with Gasteiger partial charge in [0.1, 0.15) is 0 Å². The molecule has 2 rings (SSSR count). The minimum atomic E-state index is 0.290. The zero-order chi connectivity index (χ0) is 13.5. The van der Waals surface area contributed by atoms with Crippen LogP contribution in [0.25, 0.3) is 0 Å². The lowest BCUT2D eigenvalue weighted by Crippen LogP contribution is -2.13. The molecule has 0 aromatic heterocycles. The monoisotopic (exact) mass is 376 g/mol. The lowest BCUT2D eigenvalue weighted by Gasteiger charge is -2.11. The molecule has 4 atom stereocenters. The van der Waals surface area contributed by atoms with E-state index in [1.165, 1.54) is 25.7 Å². The highest BCUT2D eigenvalue weighted by atomic mass is 127. The van der Waals surface area contributed by atoms with Crippen molar-refractivity contribution in [1.82, 2.24) is 0 Å². The molecule has 2 aliphatic rings. The smallest absolute Gasteiger partial charge is 0.0870 e. The molecule has 3 heteroatoms. The molecule has 2 saturated heterocycles. The largest absolute Gasteiger partial charge is 0.372 e. The maximum atomic E-state index is 6.06. The van der Waals surface area contributed by atoms with Gasteiger partial charge in [-0.3, -0.25) is 0 Å². The summed E-state index contributed by atoms with van der Waals surface area (Å²) in [5, 5.41) is 0. The Bertz CT molecular complexity index is 300. The molecule has 2 fully saturated rings. The summed E-state index contributed by atoms with van der Waals surface area (Å²) in [4.78, 5) is 0. The molecule has 0 bridgehead atoms. The first-order chi connectivity index (χ1) is 9.33. The van der Waals surface area contributed by atoms with Gasteiger partial charge in [0.05, 0.1) is 24.4 Å². The lowest BCUT2D eigenvalue weighted by molar-refractivity contribution is 0.0388. The van der Waals surface area contributed by atoms with Crippen molar-refractivity contribution in [2.24, 2.45) is 0 Å². The third-order valence-corrected chi connectivity index (χ3v) is 4.41. The zero-order valence-electron chi connectivity index (χ0n) is 11.8. The fourth-order valence-electron chi connectivity index (χ4n) is 2.90. The highest BCUT2D eigenvalue weighted by molar-refractivity contribution is 14.1. The first-order valence-corrected chi connectivity index (χ1v) is 8.80. The molecular weight excluding hydrogens is 351 g/mol. The van der Waals surface area contributed by atoms with Crippen molar-refractivity contribution in [3.05, 3.63) is 22.3 Å². The first-order valence-electron chi connectivity index (χ1n) is 7.56. The van der Waals surface area contributed by atoms with E-state index >= 15 is 0 Å². The van der Waals surface area contributed by atoms with Gasteiger partial charge in [-0.25, -0.2) is 0 Å². The predicted octanol–water partition coefficient (Wildman–Crippen LogP) is 4.78. The summed E-state index contributed by atoms with van der Waals surface area (Å²) in [6.45, 7) is 2.24. The van der Waals surface area contributed by atoms with Crippen LogP contribution in [0.2, 0.25) is 0 Å². The Hall–Kier alpha value is 0.130. The summed E-state index contributed by atoms with van der Waals surface area (Å²) in [5.74, 6) is 0. The van der Waals surface area contributed by atoms with Crippen molar-refractivity contribution < 1.29 is 9.47 Å². The van der Waals surface area contributed by atoms with Gasteiger partial charge in [-0.15, -0.1) is 0 Å². The molecule has 108 valence electrons. The fourth-order valence-corrected chi connectivity index (χ4v) is 3.19. The van der Waals surface area contributed by atoms with Gasteiger partial charge in [0, 0.05) is 12.8 Å². The minimum absolute atomic E-state index is 0.290. The van der Waals surface area contributed by atoms with Gasteiger partial charge in [0.25, 0.3) is 0 Å². The lowest BCUT2D eigenvalue weighted by atomic mass is 10.1. The Labute approximate surface area is 130 Å². The average molecular weight is 376 g/mol. The minimum Gasteiger partial charge on any atom is -0.372 e. The standard InChI is InChI=1S/C16H25IO2/c1-2-3-4-5-6-8-13-11-15-16(18-13)12-14(19-15)9-7-10-17/h6-8,10,13-16H,2-5,9,11-12H2,1H3/b8-6+,10-7+/t13-,14-,15-,16-/m0/s1. The number of hydrogen-bond acceptors (Lipinski definition) is 2. The Kier molecular flexibility index (Phi) is 6.88. The van der Waals surface area contributed by atoms with Crippen LogP contribution < -0.4 is 0 Å². The molecule has 19 heavy (non-hydrogen) atoms. The number of rotatable bonds is 7. The molecule has 2 aliphatic heterocycles. The van der Waals surface area contributed by atoms with Crippen LogP contribution in [0.5, 0.6) is 0 Å². The molecule has 2 nitrogen and oxygen atoms in total. The number of fused-ring (bicyclic) bond motifs is 1.